The highest BCUT2D eigenvalue weighted by Crippen LogP contribution is 2.21. The molecule has 140 valence electrons. The van der Waals surface area contributed by atoms with E-state index in [0.717, 1.165) is 24.3 Å². The first-order chi connectivity index (χ1) is 12.2. The highest BCUT2D eigenvalue weighted by molar-refractivity contribution is 6.60. The van der Waals surface area contributed by atoms with Gasteiger partial charge in [0.05, 0.1) is 11.4 Å². The van der Waals surface area contributed by atoms with Gasteiger partial charge in [-0.2, -0.15) is 0 Å². The molecule has 0 fully saturated rings. The highest BCUT2D eigenvalue weighted by atomic mass is 28.4. The molecule has 1 N–H and O–H groups in total. The van der Waals surface area contributed by atoms with Crippen LogP contribution in [0.25, 0.3) is 0 Å². The van der Waals surface area contributed by atoms with Crippen LogP contribution in [0.15, 0.2) is 28.9 Å². The Bertz CT molecular complexity index is 531. The van der Waals surface area contributed by atoms with Crippen LogP contribution in [0, 0.1) is 0 Å². The average Bonchev–Trinajstić information content (AvgIpc) is 3.03. The first-order valence-electron chi connectivity index (χ1n) is 9.03. The van der Waals surface area contributed by atoms with Crippen molar-refractivity contribution < 1.29 is 18.1 Å². The van der Waals surface area contributed by atoms with Crippen molar-refractivity contribution in [3.8, 4) is 0 Å². The van der Waals surface area contributed by atoms with Crippen molar-refractivity contribution >= 4 is 20.5 Å². The lowest BCUT2D eigenvalue weighted by molar-refractivity contribution is 0.0708. The summed E-state index contributed by atoms with van der Waals surface area (Å²) in [6.45, 7) is 8.47. The molecule has 0 spiro atoms. The normalized spacial score (nSPS) is 16.5. The molecule has 2 amide bonds. The Morgan fingerprint density at radius 2 is 1.92 bits per heavy atom. The van der Waals surface area contributed by atoms with E-state index in [1.165, 1.54) is 0 Å². The van der Waals surface area contributed by atoms with Crippen LogP contribution in [0.1, 0.15) is 33.6 Å². The number of aliphatic imine (C=N–C) groups is 1. The Morgan fingerprint density at radius 1 is 1.24 bits per heavy atom. The number of hydrogen-bond donors (Lipinski definition) is 1. The molecule has 0 saturated heterocycles. The maximum Gasteiger partial charge on any atom is 0.500 e. The Labute approximate surface area is 151 Å². The van der Waals surface area contributed by atoms with E-state index in [0.29, 0.717) is 39.1 Å². The van der Waals surface area contributed by atoms with Crippen LogP contribution in [-0.2, 0) is 13.3 Å². The van der Waals surface area contributed by atoms with Gasteiger partial charge in [0.2, 0.25) is 0 Å². The SMILES string of the molecule is CCO[Si](CCCNC(=O)N1CN=C2CC=CC=C21)(OCC)OCC. The molecule has 0 aromatic heterocycles. The molecule has 2 aliphatic rings. The van der Waals surface area contributed by atoms with Crippen LogP contribution in [0.2, 0.25) is 6.04 Å². The van der Waals surface area contributed by atoms with Crippen LogP contribution >= 0.6 is 0 Å². The van der Waals surface area contributed by atoms with Crippen molar-refractivity contribution in [1.82, 2.24) is 10.2 Å². The summed E-state index contributed by atoms with van der Waals surface area (Å²) in [4.78, 5) is 18.5. The number of nitrogens with one attached hydrogen (secondary N) is 1. The minimum absolute atomic E-state index is 0.114. The van der Waals surface area contributed by atoms with Gasteiger partial charge < -0.3 is 18.6 Å². The second kappa shape index (κ2) is 9.86. The van der Waals surface area contributed by atoms with Crippen LogP contribution in [0.4, 0.5) is 4.79 Å². The van der Waals surface area contributed by atoms with Gasteiger partial charge in [-0.25, -0.2) is 4.79 Å². The van der Waals surface area contributed by atoms with Gasteiger partial charge >= 0.3 is 14.8 Å². The summed E-state index contributed by atoms with van der Waals surface area (Å²) in [5, 5.41) is 2.96. The number of urea groups is 1. The monoisotopic (exact) mass is 367 g/mol. The summed E-state index contributed by atoms with van der Waals surface area (Å²) in [5.41, 5.74) is 1.88. The third-order valence-electron chi connectivity index (χ3n) is 3.96. The van der Waals surface area contributed by atoms with Crippen molar-refractivity contribution in [1.29, 1.82) is 0 Å². The third-order valence-corrected chi connectivity index (χ3v) is 7.12. The Morgan fingerprint density at radius 3 is 2.56 bits per heavy atom. The minimum atomic E-state index is -2.64. The van der Waals surface area contributed by atoms with Gasteiger partial charge in [-0.15, -0.1) is 0 Å². The lowest BCUT2D eigenvalue weighted by Crippen LogP contribution is -2.46. The second-order valence-electron chi connectivity index (χ2n) is 5.68. The number of hydrogen-bond acceptors (Lipinski definition) is 5. The molecule has 0 aromatic carbocycles. The fraction of sp³-hybridized carbons (Fsp3) is 0.647. The smallest absolute Gasteiger partial charge is 0.374 e. The number of nitrogens with zero attached hydrogens (tertiary/aromatic N) is 2. The molecule has 7 nitrogen and oxygen atoms in total. The highest BCUT2D eigenvalue weighted by Gasteiger charge is 2.39. The molecule has 0 radical (unpaired) electrons. The number of carbonyl (C=O) groups is 1. The van der Waals surface area contributed by atoms with Crippen molar-refractivity contribution in [3.63, 3.8) is 0 Å². The van der Waals surface area contributed by atoms with E-state index in [2.05, 4.69) is 10.3 Å². The van der Waals surface area contributed by atoms with Crippen LogP contribution in [-0.4, -0.2) is 58.5 Å². The molecule has 2 rings (SSSR count). The molecule has 25 heavy (non-hydrogen) atoms. The molecule has 0 aromatic rings. The molecule has 0 bridgehead atoms. The maximum absolute atomic E-state index is 12.4. The van der Waals surface area contributed by atoms with Crippen molar-refractivity contribution in [2.75, 3.05) is 33.0 Å². The number of amides is 2. The van der Waals surface area contributed by atoms with Gasteiger partial charge in [0.1, 0.15) is 6.67 Å². The van der Waals surface area contributed by atoms with E-state index >= 15 is 0 Å². The fourth-order valence-corrected chi connectivity index (χ4v) is 5.55. The second-order valence-corrected chi connectivity index (χ2v) is 8.41. The lowest BCUT2D eigenvalue weighted by atomic mass is 10.1. The number of rotatable bonds is 10. The van der Waals surface area contributed by atoms with E-state index in [4.69, 9.17) is 13.3 Å². The predicted octanol–water partition coefficient (Wildman–Crippen LogP) is 2.69. The largest absolute Gasteiger partial charge is 0.500 e. The quantitative estimate of drug-likeness (QED) is 0.476. The van der Waals surface area contributed by atoms with Gasteiger partial charge in [-0.1, -0.05) is 12.2 Å². The summed E-state index contributed by atoms with van der Waals surface area (Å²) >= 11 is 0. The zero-order valence-electron chi connectivity index (χ0n) is 15.4. The molecular weight excluding hydrogens is 338 g/mol. The van der Waals surface area contributed by atoms with E-state index < -0.39 is 8.80 Å². The average molecular weight is 368 g/mol. The van der Waals surface area contributed by atoms with Crippen LogP contribution in [0.3, 0.4) is 0 Å². The first kappa shape index (κ1) is 19.8. The fourth-order valence-electron chi connectivity index (χ4n) is 2.93. The Balaban J connectivity index is 1.80. The molecule has 1 aliphatic heterocycles. The molecule has 0 unspecified atom stereocenters. The van der Waals surface area contributed by atoms with Gasteiger partial charge in [-0.3, -0.25) is 9.89 Å². The summed E-state index contributed by atoms with van der Waals surface area (Å²) < 4.78 is 17.5. The van der Waals surface area contributed by atoms with E-state index in [9.17, 15) is 4.79 Å². The first-order valence-corrected chi connectivity index (χ1v) is 11.0. The van der Waals surface area contributed by atoms with Crippen molar-refractivity contribution in [2.45, 2.75) is 39.7 Å². The molecule has 1 aliphatic carbocycles. The Kier molecular flexibility index (Phi) is 7.82. The maximum atomic E-state index is 12.4. The summed E-state index contributed by atoms with van der Waals surface area (Å²) in [6.07, 6.45) is 7.49. The zero-order valence-corrected chi connectivity index (χ0v) is 16.4. The van der Waals surface area contributed by atoms with Gasteiger partial charge in [0, 0.05) is 38.8 Å². The molecular formula is C17H29N3O4Si. The zero-order chi connectivity index (χ0) is 18.1. The van der Waals surface area contributed by atoms with Crippen LogP contribution in [0.5, 0.6) is 0 Å². The number of allylic oxidation sites excluding steroid dienone is 4. The van der Waals surface area contributed by atoms with Crippen LogP contribution < -0.4 is 5.32 Å². The van der Waals surface area contributed by atoms with Crippen molar-refractivity contribution in [3.05, 3.63) is 23.9 Å². The van der Waals surface area contributed by atoms with Gasteiger partial charge in [0.25, 0.3) is 0 Å². The third kappa shape index (κ3) is 5.24. The molecule has 8 heteroatoms. The topological polar surface area (TPSA) is 72.4 Å². The molecule has 0 atom stereocenters. The van der Waals surface area contributed by atoms with Gasteiger partial charge in [-0.05, 0) is 33.3 Å². The number of carbonyl (C=O) groups excluding carboxylic acids is 1. The summed E-state index contributed by atoms with van der Waals surface area (Å²) in [7, 11) is -2.64. The lowest BCUT2D eigenvalue weighted by Gasteiger charge is -2.28. The van der Waals surface area contributed by atoms with E-state index in [1.54, 1.807) is 4.90 Å². The standard InChI is InChI=1S/C17H29N3O4Si/c1-4-22-25(23-5-2,24-6-3)13-9-12-18-17(21)20-14-19-15-10-7-8-11-16(15)20/h7-8,11H,4-6,9-10,12-14H2,1-3H3,(H,18,21). The van der Waals surface area contributed by atoms with Gasteiger partial charge in [0.15, 0.2) is 0 Å². The predicted molar refractivity (Wildman–Crippen MR) is 99.4 cm³/mol. The van der Waals surface area contributed by atoms with E-state index in [-0.39, 0.29) is 6.03 Å². The summed E-state index contributed by atoms with van der Waals surface area (Å²) in [6, 6.07) is 0.576. The molecule has 0 saturated carbocycles. The number of fused-ring (bicyclic) bond motifs is 1. The van der Waals surface area contributed by atoms with E-state index in [1.807, 2.05) is 39.0 Å². The van der Waals surface area contributed by atoms with Crippen molar-refractivity contribution in [2.24, 2.45) is 4.99 Å². The Hall–Kier alpha value is -1.48. The minimum Gasteiger partial charge on any atom is -0.374 e. The summed E-state index contributed by atoms with van der Waals surface area (Å²) in [5.74, 6) is 0. The molecule has 1 heterocycles.